The van der Waals surface area contributed by atoms with Gasteiger partial charge >= 0.3 is 0 Å². The van der Waals surface area contributed by atoms with E-state index in [1.807, 2.05) is 52.1 Å². The molecule has 3 rings (SSSR count). The highest BCUT2D eigenvalue weighted by atomic mass is 32.1. The van der Waals surface area contributed by atoms with E-state index in [9.17, 15) is 9.59 Å². The molecule has 0 aliphatic carbocycles. The maximum Gasteiger partial charge on any atom is 0.254 e. The van der Waals surface area contributed by atoms with E-state index >= 15 is 0 Å². The van der Waals surface area contributed by atoms with E-state index in [0.29, 0.717) is 26.2 Å². The van der Waals surface area contributed by atoms with Crippen LogP contribution in [0.25, 0.3) is 0 Å². The van der Waals surface area contributed by atoms with Gasteiger partial charge in [-0.1, -0.05) is 30.3 Å². The van der Waals surface area contributed by atoms with Gasteiger partial charge in [0.05, 0.1) is 5.56 Å². The second-order valence-electron chi connectivity index (χ2n) is 6.52. The summed E-state index contributed by atoms with van der Waals surface area (Å²) in [5.41, 5.74) is 6.82. The Kier molecular flexibility index (Phi) is 5.20. The first-order valence-corrected chi connectivity index (χ1v) is 9.39. The molecule has 1 atom stereocenters. The van der Waals surface area contributed by atoms with Crippen molar-refractivity contribution in [3.63, 3.8) is 0 Å². The molecule has 1 aromatic carbocycles. The van der Waals surface area contributed by atoms with Crippen LogP contribution in [0, 0.1) is 0 Å². The van der Waals surface area contributed by atoms with Gasteiger partial charge < -0.3 is 15.5 Å². The lowest BCUT2D eigenvalue weighted by Crippen LogP contribution is -2.51. The van der Waals surface area contributed by atoms with Crippen molar-refractivity contribution in [2.24, 2.45) is 5.73 Å². The van der Waals surface area contributed by atoms with Gasteiger partial charge in [0.25, 0.3) is 5.91 Å². The summed E-state index contributed by atoms with van der Waals surface area (Å²) in [7, 11) is 0. The van der Waals surface area contributed by atoms with Gasteiger partial charge in [-0.25, -0.2) is 0 Å². The molecule has 0 saturated carbocycles. The molecular weight excluding hydrogens is 334 g/mol. The minimum absolute atomic E-state index is 0.0362. The summed E-state index contributed by atoms with van der Waals surface area (Å²) in [6, 6.07) is 11.3. The number of carbonyl (C=O) groups is 2. The van der Waals surface area contributed by atoms with Crippen LogP contribution >= 0.6 is 11.3 Å². The summed E-state index contributed by atoms with van der Waals surface area (Å²) in [6.45, 7) is 4.07. The Morgan fingerprint density at radius 2 is 1.72 bits per heavy atom. The van der Waals surface area contributed by atoms with E-state index < -0.39 is 5.54 Å². The minimum atomic E-state index is -1.06. The van der Waals surface area contributed by atoms with Crippen LogP contribution in [0.3, 0.4) is 0 Å². The fourth-order valence-corrected chi connectivity index (χ4v) is 3.76. The van der Waals surface area contributed by atoms with Crippen molar-refractivity contribution >= 4 is 23.2 Å². The number of thiophene rings is 1. The lowest BCUT2D eigenvalue weighted by Gasteiger charge is -2.31. The maximum absolute atomic E-state index is 13.0. The number of hydrogen-bond donors (Lipinski definition) is 1. The molecule has 132 valence electrons. The highest BCUT2D eigenvalue weighted by molar-refractivity contribution is 7.08. The molecule has 1 aliphatic rings. The molecule has 2 amide bonds. The summed E-state index contributed by atoms with van der Waals surface area (Å²) in [6.07, 6.45) is 0.756. The number of benzene rings is 1. The van der Waals surface area contributed by atoms with Gasteiger partial charge in [0.15, 0.2) is 0 Å². The topological polar surface area (TPSA) is 66.6 Å². The number of rotatable bonds is 3. The average Bonchev–Trinajstić information content (AvgIpc) is 3.06. The van der Waals surface area contributed by atoms with Crippen molar-refractivity contribution in [2.45, 2.75) is 18.9 Å². The Hall–Kier alpha value is -2.18. The Bertz CT molecular complexity index is 728. The summed E-state index contributed by atoms with van der Waals surface area (Å²) < 4.78 is 0. The van der Waals surface area contributed by atoms with Gasteiger partial charge in [-0.15, -0.1) is 0 Å². The van der Waals surface area contributed by atoms with E-state index in [1.165, 1.54) is 11.3 Å². The number of nitrogens with two attached hydrogens (primary N) is 1. The van der Waals surface area contributed by atoms with Crippen molar-refractivity contribution in [3.8, 4) is 0 Å². The molecule has 1 aliphatic heterocycles. The molecule has 1 aromatic heterocycles. The van der Waals surface area contributed by atoms with Gasteiger partial charge in [-0.05, 0) is 30.4 Å². The third kappa shape index (κ3) is 3.75. The van der Waals surface area contributed by atoms with E-state index in [0.717, 1.165) is 17.5 Å². The van der Waals surface area contributed by atoms with Crippen LogP contribution in [-0.4, -0.2) is 47.8 Å². The first kappa shape index (κ1) is 17.6. The van der Waals surface area contributed by atoms with Crippen LogP contribution in [0.5, 0.6) is 0 Å². The van der Waals surface area contributed by atoms with Gasteiger partial charge in [0, 0.05) is 31.6 Å². The average molecular weight is 357 g/mol. The van der Waals surface area contributed by atoms with Gasteiger partial charge in [0.1, 0.15) is 5.54 Å². The Labute approximate surface area is 152 Å². The zero-order valence-electron chi connectivity index (χ0n) is 14.4. The summed E-state index contributed by atoms with van der Waals surface area (Å²) >= 11 is 1.51. The van der Waals surface area contributed by atoms with Gasteiger partial charge in [0.2, 0.25) is 5.91 Å². The summed E-state index contributed by atoms with van der Waals surface area (Å²) in [4.78, 5) is 29.1. The number of carbonyl (C=O) groups excluding carboxylic acids is 2. The lowest BCUT2D eigenvalue weighted by molar-refractivity contribution is -0.136. The fraction of sp³-hybridized carbons (Fsp3) is 0.368. The van der Waals surface area contributed by atoms with Gasteiger partial charge in [-0.3, -0.25) is 9.59 Å². The molecule has 5 nitrogen and oxygen atoms in total. The monoisotopic (exact) mass is 357 g/mol. The van der Waals surface area contributed by atoms with Crippen molar-refractivity contribution in [1.82, 2.24) is 9.80 Å². The zero-order chi connectivity index (χ0) is 17.9. The van der Waals surface area contributed by atoms with Crippen molar-refractivity contribution in [2.75, 3.05) is 26.2 Å². The zero-order valence-corrected chi connectivity index (χ0v) is 15.2. The smallest absolute Gasteiger partial charge is 0.254 e. The van der Waals surface area contributed by atoms with E-state index in [2.05, 4.69) is 0 Å². The molecular formula is C19H23N3O2S. The number of hydrogen-bond acceptors (Lipinski definition) is 4. The fourth-order valence-electron chi connectivity index (χ4n) is 3.13. The highest BCUT2D eigenvalue weighted by Gasteiger charge is 2.35. The molecule has 1 saturated heterocycles. The highest BCUT2D eigenvalue weighted by Crippen LogP contribution is 2.21. The van der Waals surface area contributed by atoms with Crippen molar-refractivity contribution < 1.29 is 9.59 Å². The largest absolute Gasteiger partial charge is 0.339 e. The Morgan fingerprint density at radius 3 is 2.40 bits per heavy atom. The first-order valence-electron chi connectivity index (χ1n) is 8.45. The molecule has 6 heteroatoms. The van der Waals surface area contributed by atoms with E-state index in [4.69, 9.17) is 5.73 Å². The second-order valence-corrected chi connectivity index (χ2v) is 7.30. The molecule has 2 N–H and O–H groups in total. The van der Waals surface area contributed by atoms with Crippen LogP contribution in [-0.2, 0) is 10.3 Å². The normalized spacial score (nSPS) is 17.7. The summed E-state index contributed by atoms with van der Waals surface area (Å²) in [5.74, 6) is -0.0577. The molecule has 2 aromatic rings. The minimum Gasteiger partial charge on any atom is -0.339 e. The van der Waals surface area contributed by atoms with E-state index in [-0.39, 0.29) is 11.8 Å². The van der Waals surface area contributed by atoms with Gasteiger partial charge in [-0.2, -0.15) is 11.3 Å². The predicted octanol–water partition coefficient (Wildman–Crippen LogP) is 2.30. The third-order valence-corrected chi connectivity index (χ3v) is 5.34. The molecule has 25 heavy (non-hydrogen) atoms. The molecule has 2 heterocycles. The molecule has 0 bridgehead atoms. The molecule has 1 unspecified atom stereocenters. The van der Waals surface area contributed by atoms with Crippen LogP contribution in [0.4, 0.5) is 0 Å². The van der Waals surface area contributed by atoms with Crippen molar-refractivity contribution in [3.05, 3.63) is 58.3 Å². The maximum atomic E-state index is 13.0. The first-order chi connectivity index (χ1) is 12.0. The lowest BCUT2D eigenvalue weighted by atomic mass is 9.91. The third-order valence-electron chi connectivity index (χ3n) is 4.66. The predicted molar refractivity (Wildman–Crippen MR) is 99.4 cm³/mol. The molecule has 0 spiro atoms. The molecule has 0 radical (unpaired) electrons. The number of nitrogens with zero attached hydrogens (tertiary/aromatic N) is 2. The van der Waals surface area contributed by atoms with E-state index in [1.54, 1.807) is 11.8 Å². The van der Waals surface area contributed by atoms with Crippen LogP contribution in [0.15, 0.2) is 47.2 Å². The standard InChI is InChI=1S/C19H23N3O2S/c1-19(20,16-6-3-2-4-7-16)18(24)22-10-5-9-21(11-12-22)17(23)15-8-13-25-14-15/h2-4,6-8,13-14H,5,9-12,20H2,1H3. The Morgan fingerprint density at radius 1 is 1.04 bits per heavy atom. The van der Waals surface area contributed by atoms with Crippen LogP contribution in [0.2, 0.25) is 0 Å². The SMILES string of the molecule is CC(N)(C(=O)N1CCCN(C(=O)c2ccsc2)CC1)c1ccccc1. The quantitative estimate of drug-likeness (QED) is 0.916. The molecule has 1 fully saturated rings. The van der Waals surface area contributed by atoms with Crippen molar-refractivity contribution in [1.29, 1.82) is 0 Å². The number of amides is 2. The van der Waals surface area contributed by atoms with Crippen LogP contribution < -0.4 is 5.73 Å². The second kappa shape index (κ2) is 7.37. The Balaban J connectivity index is 1.68. The summed E-state index contributed by atoms with van der Waals surface area (Å²) in [5, 5.41) is 3.77. The van der Waals surface area contributed by atoms with Crippen LogP contribution in [0.1, 0.15) is 29.3 Å².